The average Bonchev–Trinajstić information content (AvgIpc) is 2.31. The van der Waals surface area contributed by atoms with Crippen molar-refractivity contribution in [3.05, 3.63) is 30.1 Å². The van der Waals surface area contributed by atoms with Crippen LogP contribution in [0.25, 0.3) is 0 Å². The Morgan fingerprint density at radius 2 is 2.17 bits per heavy atom. The van der Waals surface area contributed by atoms with Crippen LogP contribution in [0.3, 0.4) is 0 Å². The molecule has 1 fully saturated rings. The van der Waals surface area contributed by atoms with Gasteiger partial charge >= 0.3 is 0 Å². The van der Waals surface area contributed by atoms with Gasteiger partial charge in [0, 0.05) is 38.1 Å². The average molecular weight is 269 g/mol. The molecule has 5 nitrogen and oxygen atoms in total. The highest BCUT2D eigenvalue weighted by atomic mass is 32.2. The molecule has 0 saturated carbocycles. The lowest BCUT2D eigenvalue weighted by Crippen LogP contribution is -2.43. The second-order valence-corrected chi connectivity index (χ2v) is 6.58. The molecule has 1 aliphatic heterocycles. The largest absolute Gasteiger partial charge is 0.299 e. The van der Waals surface area contributed by atoms with Gasteiger partial charge in [-0.05, 0) is 24.5 Å². The Balaban J connectivity index is 1.80. The number of nitrogens with one attached hydrogen (secondary N) is 1. The number of hydrogen-bond donors (Lipinski definition) is 1. The van der Waals surface area contributed by atoms with Gasteiger partial charge in [0.1, 0.15) is 0 Å². The van der Waals surface area contributed by atoms with E-state index in [-0.39, 0.29) is 6.04 Å². The zero-order valence-electron chi connectivity index (χ0n) is 10.5. The molecule has 0 bridgehead atoms. The number of sulfonamides is 1. The number of piperidine rings is 1. The van der Waals surface area contributed by atoms with Crippen molar-refractivity contribution in [1.82, 2.24) is 14.6 Å². The Hall–Kier alpha value is -0.980. The van der Waals surface area contributed by atoms with E-state index in [0.717, 1.165) is 32.5 Å². The van der Waals surface area contributed by atoms with Crippen LogP contribution < -0.4 is 4.72 Å². The highest BCUT2D eigenvalue weighted by molar-refractivity contribution is 7.88. The summed E-state index contributed by atoms with van der Waals surface area (Å²) in [7, 11) is -3.08. The van der Waals surface area contributed by atoms with Crippen LogP contribution in [0.5, 0.6) is 0 Å². The molecule has 100 valence electrons. The quantitative estimate of drug-likeness (QED) is 0.869. The minimum atomic E-state index is -3.08. The fourth-order valence-corrected chi connectivity index (χ4v) is 3.10. The van der Waals surface area contributed by atoms with Gasteiger partial charge in [-0.1, -0.05) is 6.07 Å². The van der Waals surface area contributed by atoms with E-state index in [1.165, 1.54) is 11.8 Å². The summed E-state index contributed by atoms with van der Waals surface area (Å²) < 4.78 is 25.0. The molecule has 0 spiro atoms. The molecule has 0 unspecified atom stereocenters. The van der Waals surface area contributed by atoms with Crippen molar-refractivity contribution >= 4 is 10.0 Å². The summed E-state index contributed by atoms with van der Waals surface area (Å²) in [5.74, 6) is 0. The molecule has 1 N–H and O–H groups in total. The minimum absolute atomic E-state index is 0.0881. The summed E-state index contributed by atoms with van der Waals surface area (Å²) in [5, 5.41) is 0. The Bertz CT molecular complexity index is 467. The molecule has 0 aliphatic carbocycles. The van der Waals surface area contributed by atoms with E-state index in [9.17, 15) is 8.42 Å². The first kappa shape index (κ1) is 13.5. The van der Waals surface area contributed by atoms with Crippen molar-refractivity contribution in [1.29, 1.82) is 0 Å². The van der Waals surface area contributed by atoms with E-state index in [4.69, 9.17) is 0 Å². The molecular weight excluding hydrogens is 250 g/mol. The van der Waals surface area contributed by atoms with Crippen LogP contribution in [-0.4, -0.2) is 43.7 Å². The van der Waals surface area contributed by atoms with Crippen LogP contribution in [0.4, 0.5) is 0 Å². The molecule has 2 heterocycles. The van der Waals surface area contributed by atoms with Crippen LogP contribution in [0, 0.1) is 0 Å². The first-order valence-corrected chi connectivity index (χ1v) is 8.00. The van der Waals surface area contributed by atoms with Crippen molar-refractivity contribution in [2.75, 3.05) is 19.3 Å². The summed E-state index contributed by atoms with van der Waals surface area (Å²) in [6.07, 6.45) is 6.60. The first-order chi connectivity index (χ1) is 8.53. The van der Waals surface area contributed by atoms with E-state index in [1.54, 1.807) is 6.20 Å². The summed E-state index contributed by atoms with van der Waals surface area (Å²) in [6, 6.07) is 4.09. The predicted molar refractivity (Wildman–Crippen MR) is 70.5 cm³/mol. The number of hydrogen-bond acceptors (Lipinski definition) is 4. The van der Waals surface area contributed by atoms with Gasteiger partial charge in [-0.25, -0.2) is 13.1 Å². The Morgan fingerprint density at radius 1 is 1.44 bits per heavy atom. The third-order valence-electron chi connectivity index (χ3n) is 3.10. The van der Waals surface area contributed by atoms with E-state index in [0.29, 0.717) is 0 Å². The van der Waals surface area contributed by atoms with Crippen LogP contribution in [0.2, 0.25) is 0 Å². The van der Waals surface area contributed by atoms with Crippen molar-refractivity contribution in [2.24, 2.45) is 0 Å². The number of pyridine rings is 1. The molecule has 6 heteroatoms. The van der Waals surface area contributed by atoms with Crippen molar-refractivity contribution in [2.45, 2.75) is 25.4 Å². The fourth-order valence-electron chi connectivity index (χ4n) is 2.26. The van der Waals surface area contributed by atoms with Gasteiger partial charge in [-0.15, -0.1) is 0 Å². The standard InChI is InChI=1S/C12H19N3O2S/c1-18(16,17)14-12-4-7-15(8-5-12)10-11-3-2-6-13-9-11/h2-3,6,9,12,14H,4-5,7-8,10H2,1H3. The summed E-state index contributed by atoms with van der Waals surface area (Å²) in [4.78, 5) is 6.43. The van der Waals surface area contributed by atoms with Crippen molar-refractivity contribution in [3.63, 3.8) is 0 Å². The predicted octanol–water partition coefficient (Wildman–Crippen LogP) is 0.595. The monoisotopic (exact) mass is 269 g/mol. The van der Waals surface area contributed by atoms with E-state index >= 15 is 0 Å². The van der Waals surface area contributed by atoms with E-state index in [2.05, 4.69) is 20.7 Å². The van der Waals surface area contributed by atoms with Crippen LogP contribution >= 0.6 is 0 Å². The van der Waals surface area contributed by atoms with E-state index in [1.807, 2.05) is 12.3 Å². The minimum Gasteiger partial charge on any atom is -0.299 e. The molecule has 0 aromatic carbocycles. The second-order valence-electron chi connectivity index (χ2n) is 4.80. The molecule has 1 aromatic heterocycles. The van der Waals surface area contributed by atoms with Gasteiger partial charge in [0.05, 0.1) is 6.26 Å². The molecule has 1 saturated heterocycles. The van der Waals surface area contributed by atoms with Gasteiger partial charge in [0.15, 0.2) is 0 Å². The van der Waals surface area contributed by atoms with Crippen molar-refractivity contribution < 1.29 is 8.42 Å². The molecule has 0 amide bonds. The molecule has 1 aromatic rings. The summed E-state index contributed by atoms with van der Waals surface area (Å²) >= 11 is 0. The number of aromatic nitrogens is 1. The third kappa shape index (κ3) is 4.36. The third-order valence-corrected chi connectivity index (χ3v) is 3.86. The molecular formula is C12H19N3O2S. The van der Waals surface area contributed by atoms with Gasteiger partial charge in [0.2, 0.25) is 10.0 Å². The molecule has 18 heavy (non-hydrogen) atoms. The van der Waals surface area contributed by atoms with E-state index < -0.39 is 10.0 Å². The summed E-state index contributed by atoms with van der Waals surface area (Å²) in [6.45, 7) is 2.73. The maximum atomic E-state index is 11.1. The van der Waals surface area contributed by atoms with Gasteiger partial charge < -0.3 is 0 Å². The Kier molecular flexibility index (Phi) is 4.31. The zero-order chi connectivity index (χ0) is 13.0. The highest BCUT2D eigenvalue weighted by Crippen LogP contribution is 2.13. The molecule has 0 radical (unpaired) electrons. The van der Waals surface area contributed by atoms with Crippen LogP contribution in [0.15, 0.2) is 24.5 Å². The van der Waals surface area contributed by atoms with Crippen LogP contribution in [0.1, 0.15) is 18.4 Å². The Labute approximate surface area is 108 Å². The Morgan fingerprint density at radius 3 is 2.72 bits per heavy atom. The first-order valence-electron chi connectivity index (χ1n) is 6.11. The zero-order valence-corrected chi connectivity index (χ0v) is 11.4. The van der Waals surface area contributed by atoms with Crippen molar-refractivity contribution in [3.8, 4) is 0 Å². The van der Waals surface area contributed by atoms with Gasteiger partial charge in [-0.3, -0.25) is 9.88 Å². The SMILES string of the molecule is CS(=O)(=O)NC1CCN(Cc2cccnc2)CC1. The maximum Gasteiger partial charge on any atom is 0.208 e. The van der Waals surface area contributed by atoms with Gasteiger partial charge in [0.25, 0.3) is 0 Å². The molecule has 1 aliphatic rings. The number of rotatable bonds is 4. The smallest absolute Gasteiger partial charge is 0.208 e. The normalized spacial score (nSPS) is 18.9. The maximum absolute atomic E-state index is 11.1. The highest BCUT2D eigenvalue weighted by Gasteiger charge is 2.21. The van der Waals surface area contributed by atoms with Gasteiger partial charge in [-0.2, -0.15) is 0 Å². The fraction of sp³-hybridized carbons (Fsp3) is 0.583. The second kappa shape index (κ2) is 5.77. The summed E-state index contributed by atoms with van der Waals surface area (Å²) in [5.41, 5.74) is 1.20. The molecule has 2 rings (SSSR count). The lowest BCUT2D eigenvalue weighted by Gasteiger charge is -2.31. The van der Waals surface area contributed by atoms with Crippen LogP contribution in [-0.2, 0) is 16.6 Å². The lowest BCUT2D eigenvalue weighted by molar-refractivity contribution is 0.200. The topological polar surface area (TPSA) is 62.3 Å². The lowest BCUT2D eigenvalue weighted by atomic mass is 10.1. The number of likely N-dealkylation sites (tertiary alicyclic amines) is 1. The molecule has 0 atom stereocenters. The number of nitrogens with zero attached hydrogens (tertiary/aromatic N) is 2.